The first-order valence-corrected chi connectivity index (χ1v) is 6.75. The van der Waals surface area contributed by atoms with Crippen LogP contribution in [-0.4, -0.2) is 38.7 Å². The highest BCUT2D eigenvalue weighted by molar-refractivity contribution is 6.33. The fourth-order valence-electron chi connectivity index (χ4n) is 2.59. The molecule has 0 unspecified atom stereocenters. The maximum atomic E-state index is 9.97. The van der Waals surface area contributed by atoms with E-state index in [1.807, 2.05) is 19.2 Å². The Balaban J connectivity index is 1.83. The van der Waals surface area contributed by atoms with Crippen molar-refractivity contribution in [1.29, 1.82) is 0 Å². The predicted octanol–water partition coefficient (Wildman–Crippen LogP) is 2.24. The lowest BCUT2D eigenvalue weighted by atomic mass is 10.1. The number of halogens is 1. The van der Waals surface area contributed by atoms with Crippen LogP contribution in [0.2, 0.25) is 5.15 Å². The summed E-state index contributed by atoms with van der Waals surface area (Å²) >= 11 is 6.00. The Hall–Kier alpha value is -1.23. The van der Waals surface area contributed by atoms with Crippen LogP contribution >= 0.6 is 11.6 Å². The van der Waals surface area contributed by atoms with Gasteiger partial charge in [-0.3, -0.25) is 9.88 Å². The molecule has 0 aromatic carbocycles. The van der Waals surface area contributed by atoms with Gasteiger partial charge in [0.25, 0.3) is 0 Å². The SMILES string of the molecule is C[C@@]1(O)CCN(Cc2cnc3c(Cl)nccc3c2)C1. The topological polar surface area (TPSA) is 49.2 Å². The van der Waals surface area contributed by atoms with Gasteiger partial charge in [-0.15, -0.1) is 0 Å². The van der Waals surface area contributed by atoms with Crippen LogP contribution in [0.5, 0.6) is 0 Å². The van der Waals surface area contributed by atoms with Crippen molar-refractivity contribution in [3.05, 3.63) is 35.2 Å². The summed E-state index contributed by atoms with van der Waals surface area (Å²) in [7, 11) is 0. The summed E-state index contributed by atoms with van der Waals surface area (Å²) in [6.45, 7) is 4.32. The van der Waals surface area contributed by atoms with Gasteiger partial charge < -0.3 is 5.11 Å². The largest absolute Gasteiger partial charge is 0.389 e. The molecule has 4 nitrogen and oxygen atoms in total. The van der Waals surface area contributed by atoms with Gasteiger partial charge in [-0.25, -0.2) is 4.98 Å². The quantitative estimate of drug-likeness (QED) is 0.856. The molecule has 1 atom stereocenters. The third-order valence-corrected chi connectivity index (χ3v) is 3.82. The maximum absolute atomic E-state index is 9.97. The zero-order valence-corrected chi connectivity index (χ0v) is 11.6. The number of aromatic nitrogens is 2. The van der Waals surface area contributed by atoms with E-state index < -0.39 is 5.60 Å². The van der Waals surface area contributed by atoms with E-state index in [4.69, 9.17) is 11.6 Å². The first-order chi connectivity index (χ1) is 9.03. The number of hydrogen-bond acceptors (Lipinski definition) is 4. The molecular weight excluding hydrogens is 262 g/mol. The molecule has 1 fully saturated rings. The Bertz CT molecular complexity index is 615. The van der Waals surface area contributed by atoms with Crippen molar-refractivity contribution in [2.24, 2.45) is 0 Å². The molecule has 2 aromatic heterocycles. The highest BCUT2D eigenvalue weighted by atomic mass is 35.5. The Morgan fingerprint density at radius 3 is 3.05 bits per heavy atom. The summed E-state index contributed by atoms with van der Waals surface area (Å²) in [5, 5.41) is 11.4. The average molecular weight is 278 g/mol. The van der Waals surface area contributed by atoms with Crippen molar-refractivity contribution < 1.29 is 5.11 Å². The number of rotatable bonds is 2. The minimum absolute atomic E-state index is 0.438. The Morgan fingerprint density at radius 1 is 1.47 bits per heavy atom. The second kappa shape index (κ2) is 4.71. The van der Waals surface area contributed by atoms with Crippen LogP contribution < -0.4 is 0 Å². The standard InChI is InChI=1S/C14H16ClN3O/c1-14(19)3-5-18(9-14)8-10-6-11-2-4-16-13(15)12(11)17-7-10/h2,4,6-7,19H,3,5,8-9H2,1H3/t14-/m1/s1. The Kier molecular flexibility index (Phi) is 3.17. The van der Waals surface area contributed by atoms with Crippen molar-refractivity contribution in [2.45, 2.75) is 25.5 Å². The number of β-amino-alcohol motifs (C(OH)–C–C–N with tert-alkyl or cyclic N) is 1. The van der Waals surface area contributed by atoms with Gasteiger partial charge >= 0.3 is 0 Å². The highest BCUT2D eigenvalue weighted by Crippen LogP contribution is 2.24. The van der Waals surface area contributed by atoms with Gasteiger partial charge in [0.05, 0.1) is 5.60 Å². The molecule has 0 bridgehead atoms. The average Bonchev–Trinajstić information content (AvgIpc) is 2.69. The maximum Gasteiger partial charge on any atom is 0.155 e. The lowest BCUT2D eigenvalue weighted by Gasteiger charge is -2.18. The third kappa shape index (κ3) is 2.71. The second-order valence-electron chi connectivity index (χ2n) is 5.47. The molecule has 0 aliphatic carbocycles. The number of fused-ring (bicyclic) bond motifs is 1. The first kappa shape index (κ1) is 12.8. The van der Waals surface area contributed by atoms with E-state index in [9.17, 15) is 5.11 Å². The van der Waals surface area contributed by atoms with E-state index in [-0.39, 0.29) is 0 Å². The summed E-state index contributed by atoms with van der Waals surface area (Å²) < 4.78 is 0. The molecule has 1 aliphatic rings. The zero-order valence-electron chi connectivity index (χ0n) is 10.8. The van der Waals surface area contributed by atoms with Crippen LogP contribution in [0.1, 0.15) is 18.9 Å². The van der Waals surface area contributed by atoms with Gasteiger partial charge in [0.15, 0.2) is 5.15 Å². The van der Waals surface area contributed by atoms with Crippen LogP contribution in [0.15, 0.2) is 24.5 Å². The van der Waals surface area contributed by atoms with E-state index >= 15 is 0 Å². The van der Waals surface area contributed by atoms with Crippen molar-refractivity contribution in [3.8, 4) is 0 Å². The number of nitrogens with zero attached hydrogens (tertiary/aromatic N) is 3. The highest BCUT2D eigenvalue weighted by Gasteiger charge is 2.31. The summed E-state index contributed by atoms with van der Waals surface area (Å²) in [5.41, 5.74) is 1.31. The molecule has 3 rings (SSSR count). The van der Waals surface area contributed by atoms with Crippen molar-refractivity contribution in [3.63, 3.8) is 0 Å². The number of likely N-dealkylation sites (tertiary alicyclic amines) is 1. The second-order valence-corrected chi connectivity index (χ2v) is 5.83. The van der Waals surface area contributed by atoms with Crippen LogP contribution in [0.4, 0.5) is 0 Å². The predicted molar refractivity (Wildman–Crippen MR) is 75.1 cm³/mol. The lowest BCUT2D eigenvalue weighted by Crippen LogP contribution is -2.29. The molecule has 1 saturated heterocycles. The molecule has 19 heavy (non-hydrogen) atoms. The summed E-state index contributed by atoms with van der Waals surface area (Å²) in [5.74, 6) is 0. The lowest BCUT2D eigenvalue weighted by molar-refractivity contribution is 0.0679. The van der Waals surface area contributed by atoms with E-state index in [1.165, 1.54) is 0 Å². The van der Waals surface area contributed by atoms with E-state index in [2.05, 4.69) is 20.9 Å². The molecule has 100 valence electrons. The number of hydrogen-bond donors (Lipinski definition) is 1. The smallest absolute Gasteiger partial charge is 0.155 e. The molecule has 1 N–H and O–H groups in total. The summed E-state index contributed by atoms with van der Waals surface area (Å²) in [6, 6.07) is 4.00. The van der Waals surface area contributed by atoms with E-state index in [1.54, 1.807) is 6.20 Å². The van der Waals surface area contributed by atoms with Crippen molar-refractivity contribution in [1.82, 2.24) is 14.9 Å². The van der Waals surface area contributed by atoms with Crippen LogP contribution in [0.25, 0.3) is 10.9 Å². The molecule has 3 heterocycles. The van der Waals surface area contributed by atoms with Crippen LogP contribution in [-0.2, 0) is 6.54 Å². The molecule has 1 aliphatic heterocycles. The fourth-order valence-corrected chi connectivity index (χ4v) is 2.80. The summed E-state index contributed by atoms with van der Waals surface area (Å²) in [4.78, 5) is 10.6. The normalized spacial score (nSPS) is 24.2. The van der Waals surface area contributed by atoms with Gasteiger partial charge in [0.2, 0.25) is 0 Å². The van der Waals surface area contributed by atoms with E-state index in [0.717, 1.165) is 36.0 Å². The van der Waals surface area contributed by atoms with Crippen LogP contribution in [0.3, 0.4) is 0 Å². The van der Waals surface area contributed by atoms with Gasteiger partial charge in [-0.2, -0.15) is 0 Å². The number of aliphatic hydroxyl groups is 1. The van der Waals surface area contributed by atoms with Crippen molar-refractivity contribution in [2.75, 3.05) is 13.1 Å². The molecule has 0 spiro atoms. The monoisotopic (exact) mass is 277 g/mol. The molecule has 0 saturated carbocycles. The number of pyridine rings is 2. The minimum Gasteiger partial charge on any atom is -0.389 e. The van der Waals surface area contributed by atoms with E-state index in [0.29, 0.717) is 11.7 Å². The van der Waals surface area contributed by atoms with Gasteiger partial charge in [0, 0.05) is 37.4 Å². The van der Waals surface area contributed by atoms with Crippen molar-refractivity contribution >= 4 is 22.5 Å². The Morgan fingerprint density at radius 2 is 2.32 bits per heavy atom. The summed E-state index contributed by atoms with van der Waals surface area (Å²) in [6.07, 6.45) is 4.35. The Labute approximate surface area is 117 Å². The third-order valence-electron chi connectivity index (χ3n) is 3.55. The molecule has 0 amide bonds. The minimum atomic E-state index is -0.558. The van der Waals surface area contributed by atoms with Gasteiger partial charge in [0.1, 0.15) is 5.52 Å². The van der Waals surface area contributed by atoms with Gasteiger partial charge in [-0.05, 0) is 31.0 Å². The molecule has 5 heteroatoms. The first-order valence-electron chi connectivity index (χ1n) is 6.37. The molecular formula is C14H16ClN3O. The van der Waals surface area contributed by atoms with Crippen LogP contribution in [0, 0.1) is 0 Å². The van der Waals surface area contributed by atoms with Gasteiger partial charge in [-0.1, -0.05) is 11.6 Å². The molecule has 2 aromatic rings. The molecule has 0 radical (unpaired) electrons. The fraction of sp³-hybridized carbons (Fsp3) is 0.429. The zero-order chi connectivity index (χ0) is 13.5.